The molecule has 0 radical (unpaired) electrons. The molecule has 440 valence electrons. The molecule has 1 aromatic carbocycles. The molecule has 4 saturated heterocycles. The number of carbonyl (C=O) groups excluding carboxylic acids is 3. The third kappa shape index (κ3) is 16.6. The van der Waals surface area contributed by atoms with Gasteiger partial charge in [-0.2, -0.15) is 0 Å². The number of hydrogen-bond donors (Lipinski definition) is 3. The Balaban J connectivity index is 1.61. The maximum absolute atomic E-state index is 15.4. The van der Waals surface area contributed by atoms with Crippen LogP contribution in [-0.4, -0.2) is 183 Å². The van der Waals surface area contributed by atoms with Gasteiger partial charge in [-0.1, -0.05) is 65.8 Å². The number of hydrogen-bond acceptors (Lipinski definition) is 20. The van der Waals surface area contributed by atoms with Gasteiger partial charge in [-0.3, -0.25) is 19.3 Å². The van der Waals surface area contributed by atoms with Gasteiger partial charge in [0.15, 0.2) is 24.7 Å². The Hall–Kier alpha value is -3.38. The van der Waals surface area contributed by atoms with Gasteiger partial charge in [-0.25, -0.2) is 0 Å². The van der Waals surface area contributed by atoms with Gasteiger partial charge in [0.05, 0.1) is 61.8 Å². The lowest BCUT2D eigenvalue weighted by Crippen LogP contribution is -2.59. The molecular formula is C57H94N2O18. The molecule has 0 spiro atoms. The predicted molar refractivity (Wildman–Crippen MR) is 283 cm³/mol. The van der Waals surface area contributed by atoms with Crippen molar-refractivity contribution in [1.82, 2.24) is 4.90 Å². The number of cyclic esters (lactones) is 1. The van der Waals surface area contributed by atoms with Crippen LogP contribution in [0.1, 0.15) is 121 Å². The summed E-state index contributed by atoms with van der Waals surface area (Å²) in [4.78, 5) is 51.6. The molecule has 0 amide bonds. The van der Waals surface area contributed by atoms with Crippen molar-refractivity contribution in [1.29, 1.82) is 0 Å². The summed E-state index contributed by atoms with van der Waals surface area (Å²) in [6, 6.07) is 7.88. The van der Waals surface area contributed by atoms with Crippen LogP contribution in [-0.2, 0) is 73.1 Å². The summed E-state index contributed by atoms with van der Waals surface area (Å²) in [5.41, 5.74) is -0.634. The fourth-order valence-electron chi connectivity index (χ4n) is 11.8. The van der Waals surface area contributed by atoms with E-state index in [4.69, 9.17) is 56.9 Å². The number of ether oxygens (including phenoxy) is 11. The minimum atomic E-state index is -2.03. The number of aliphatic hydroxyl groups is 3. The van der Waals surface area contributed by atoms with Crippen LogP contribution in [0.5, 0.6) is 5.75 Å². The van der Waals surface area contributed by atoms with E-state index in [1.807, 2.05) is 72.7 Å². The molecule has 0 aliphatic carbocycles. The first kappa shape index (κ1) is 64.4. The van der Waals surface area contributed by atoms with Crippen LogP contribution in [0.15, 0.2) is 29.4 Å². The highest BCUT2D eigenvalue weighted by Crippen LogP contribution is 2.40. The Kier molecular flexibility index (Phi) is 24.1. The Bertz CT molecular complexity index is 2040. The normalized spacial score (nSPS) is 40.3. The first-order chi connectivity index (χ1) is 36.2. The molecule has 4 aliphatic heterocycles. The highest BCUT2D eigenvalue weighted by molar-refractivity contribution is 5.90. The average Bonchev–Trinajstić information content (AvgIpc) is 3.50. The number of rotatable bonds is 17. The molecule has 1 aromatic rings. The van der Waals surface area contributed by atoms with Crippen LogP contribution in [0.3, 0.4) is 0 Å². The second kappa shape index (κ2) is 28.9. The Morgan fingerprint density at radius 3 is 2.08 bits per heavy atom. The third-order valence-corrected chi connectivity index (χ3v) is 16.0. The summed E-state index contributed by atoms with van der Waals surface area (Å²) >= 11 is 0. The van der Waals surface area contributed by atoms with Crippen LogP contribution in [0, 0.1) is 41.4 Å². The zero-order chi connectivity index (χ0) is 57.2. The van der Waals surface area contributed by atoms with E-state index >= 15 is 9.59 Å². The number of ketones is 1. The van der Waals surface area contributed by atoms with Crippen LogP contribution in [0.25, 0.3) is 0 Å². The van der Waals surface area contributed by atoms with Crippen molar-refractivity contribution >= 4 is 23.4 Å². The van der Waals surface area contributed by atoms with Crippen LogP contribution in [0.4, 0.5) is 0 Å². The van der Waals surface area contributed by atoms with Crippen molar-refractivity contribution in [3.05, 3.63) is 29.8 Å². The van der Waals surface area contributed by atoms with Crippen molar-refractivity contribution in [3.8, 4) is 5.75 Å². The highest BCUT2D eigenvalue weighted by atomic mass is 16.7. The van der Waals surface area contributed by atoms with Crippen LogP contribution < -0.4 is 4.74 Å². The maximum Gasteiger partial charge on any atom is 0.311 e. The number of aliphatic hydroxyl groups excluding tert-OH is 2. The minimum Gasteiger partial charge on any atom is -0.497 e. The van der Waals surface area contributed by atoms with Gasteiger partial charge in [-0.15, -0.1) is 0 Å². The summed E-state index contributed by atoms with van der Waals surface area (Å²) in [5, 5.41) is 39.2. The van der Waals surface area contributed by atoms with Gasteiger partial charge in [0.1, 0.15) is 55.1 Å². The van der Waals surface area contributed by atoms with Crippen molar-refractivity contribution < 1.29 is 86.6 Å². The summed E-state index contributed by atoms with van der Waals surface area (Å²) in [6.45, 7) is 24.5. The SMILES string of the molecule is CON=C1C[C@@H](C)O[C@@H](O[C@@H]2[C@@H](C)[C@H](O[C@H]3CC(C)N(Cc4ccc(OC)cc4)C[C@H](C)O3)[C@@H](C)C(=O)O[C@H]([C@@H](C)CO[C@@H]3O[C@H](C)[C@@H](O)[C@@H](OC)[C@H]3OC)[C@H](C)[C@@H](OC(=O)CC(C)C)[C@@H](C)C(=O)[C@@](C)(O)C[C@@H]2C)[C@@H]1O. The van der Waals surface area contributed by atoms with E-state index in [1.54, 1.807) is 34.8 Å². The monoisotopic (exact) mass is 1090 g/mol. The molecule has 22 atom stereocenters. The first-order valence-electron chi connectivity index (χ1n) is 27.7. The van der Waals surface area contributed by atoms with Crippen molar-refractivity contribution in [2.75, 3.05) is 41.6 Å². The number of methoxy groups -OCH3 is 3. The molecule has 4 fully saturated rings. The standard InChI is InChI=1S/C57H94N2O18/c1-29(2)22-43(60)74-49-36(9)48(31(4)28-70-56-52(68-16)51(67-15)45(61)39(12)73-56)76-54(64)38(11)50(75-44-23-32(5)59(26-34(7)71-44)27-40-18-20-41(66-14)21-19-40)35(8)47(30(3)25-57(13,65)53(63)37(49)10)77-55-46(62)42(58-69-17)24-33(6)72-55/h18-21,29-39,44-52,55-56,61-62,65H,22-28H2,1-17H3/t30-,31-,32?,33+,34-,35+,36-,37+,38+,39+,44-,45+,46+,47-,48+,49+,50-,51+,52+,55-,56+,57-/m0/s1. The van der Waals surface area contributed by atoms with E-state index in [9.17, 15) is 20.1 Å². The summed E-state index contributed by atoms with van der Waals surface area (Å²) in [6.07, 6.45) is -12.3. The lowest BCUT2D eigenvalue weighted by molar-refractivity contribution is -0.305. The quantitative estimate of drug-likeness (QED) is 0.122. The fourth-order valence-corrected chi connectivity index (χ4v) is 11.8. The first-order valence-corrected chi connectivity index (χ1v) is 27.7. The summed E-state index contributed by atoms with van der Waals surface area (Å²) in [7, 11) is 5.94. The molecule has 5 rings (SSSR count). The van der Waals surface area contributed by atoms with Gasteiger partial charge in [0.2, 0.25) is 0 Å². The van der Waals surface area contributed by atoms with Crippen molar-refractivity contribution in [3.63, 3.8) is 0 Å². The number of nitrogens with zero attached hydrogens (tertiary/aromatic N) is 2. The molecule has 0 saturated carbocycles. The third-order valence-electron chi connectivity index (χ3n) is 16.0. The van der Waals surface area contributed by atoms with E-state index in [1.165, 1.54) is 28.3 Å². The number of Topliss-reactive ketones (excluding diaryl/α,β-unsaturated/α-hetero) is 1. The molecule has 20 nitrogen and oxygen atoms in total. The lowest BCUT2D eigenvalue weighted by atomic mass is 9.74. The topological polar surface area (TPSA) is 238 Å². The van der Waals surface area contributed by atoms with Gasteiger partial charge < -0.3 is 72.3 Å². The smallest absolute Gasteiger partial charge is 0.311 e. The average molecular weight is 1100 g/mol. The van der Waals surface area contributed by atoms with Gasteiger partial charge in [-0.05, 0) is 77.5 Å². The van der Waals surface area contributed by atoms with Crippen LogP contribution >= 0.6 is 0 Å². The van der Waals surface area contributed by atoms with Crippen molar-refractivity contribution in [2.24, 2.45) is 46.6 Å². The summed E-state index contributed by atoms with van der Waals surface area (Å²) in [5.74, 6) is -6.29. The number of carbonyl (C=O) groups is 3. The molecule has 1 unspecified atom stereocenters. The van der Waals surface area contributed by atoms with Crippen LogP contribution in [0.2, 0.25) is 0 Å². The molecule has 0 bridgehead atoms. The molecular weight excluding hydrogens is 1000 g/mol. The lowest BCUT2D eigenvalue weighted by Gasteiger charge is -2.44. The molecule has 0 aromatic heterocycles. The zero-order valence-corrected chi connectivity index (χ0v) is 48.8. The Labute approximate surface area is 457 Å². The van der Waals surface area contributed by atoms with Gasteiger partial charge in [0, 0.05) is 70.4 Å². The largest absolute Gasteiger partial charge is 0.497 e. The van der Waals surface area contributed by atoms with E-state index in [0.29, 0.717) is 25.2 Å². The second-order valence-corrected chi connectivity index (χ2v) is 23.1. The predicted octanol–water partition coefficient (Wildman–Crippen LogP) is 5.85. The number of oxime groups is 1. The Morgan fingerprint density at radius 1 is 0.805 bits per heavy atom. The van der Waals surface area contributed by atoms with E-state index < -0.39 is 139 Å². The molecule has 3 N–H and O–H groups in total. The van der Waals surface area contributed by atoms with Crippen molar-refractivity contribution in [2.45, 2.75) is 220 Å². The molecule has 77 heavy (non-hydrogen) atoms. The van der Waals surface area contributed by atoms with E-state index in [-0.39, 0.29) is 43.9 Å². The highest BCUT2D eigenvalue weighted by Gasteiger charge is 2.51. The van der Waals surface area contributed by atoms with E-state index in [0.717, 1.165) is 11.3 Å². The molecule has 4 heterocycles. The van der Waals surface area contributed by atoms with Gasteiger partial charge >= 0.3 is 11.9 Å². The maximum atomic E-state index is 15.4. The molecule has 20 heteroatoms. The Morgan fingerprint density at radius 2 is 1.47 bits per heavy atom. The molecule has 4 aliphatic rings. The zero-order valence-electron chi connectivity index (χ0n) is 48.8. The fraction of sp³-hybridized carbons (Fsp3) is 0.825. The summed E-state index contributed by atoms with van der Waals surface area (Å²) < 4.78 is 69.2. The second-order valence-electron chi connectivity index (χ2n) is 23.1. The van der Waals surface area contributed by atoms with Gasteiger partial charge in [0.25, 0.3) is 0 Å². The minimum absolute atomic E-state index is 0.0417. The van der Waals surface area contributed by atoms with E-state index in [2.05, 4.69) is 17.0 Å². The number of benzene rings is 1. The number of esters is 2.